The fraction of sp³-hybridized carbons (Fsp3) is 0.400. The van der Waals surface area contributed by atoms with Crippen molar-refractivity contribution in [1.82, 2.24) is 10.3 Å². The lowest BCUT2D eigenvalue weighted by atomic mass is 10.0. The smallest absolute Gasteiger partial charge is 0.0897 e. The largest absolute Gasteiger partial charge is 0.312 e. The lowest BCUT2D eigenvalue weighted by Gasteiger charge is -2.10. The predicted molar refractivity (Wildman–Crippen MR) is 78.2 cm³/mol. The van der Waals surface area contributed by atoms with Gasteiger partial charge in [0, 0.05) is 24.9 Å². The second-order valence-corrected chi connectivity index (χ2v) is 5.72. The minimum Gasteiger partial charge on any atom is -0.312 e. The Bertz CT molecular complexity index is 497. The maximum absolute atomic E-state index is 4.47. The van der Waals surface area contributed by atoms with E-state index >= 15 is 0 Å². The number of thiazole rings is 1. The van der Waals surface area contributed by atoms with Crippen molar-refractivity contribution in [3.05, 3.63) is 51.0 Å². The van der Waals surface area contributed by atoms with Crippen LogP contribution in [0.1, 0.15) is 27.4 Å². The highest BCUT2D eigenvalue weighted by Crippen LogP contribution is 2.13. The summed E-state index contributed by atoms with van der Waals surface area (Å²) in [6, 6.07) is 6.47. The third-order valence-corrected chi connectivity index (χ3v) is 3.99. The third kappa shape index (κ3) is 3.40. The van der Waals surface area contributed by atoms with E-state index in [1.807, 2.05) is 0 Å². The van der Waals surface area contributed by atoms with Crippen molar-refractivity contribution < 1.29 is 0 Å². The molecule has 0 aliphatic rings. The normalized spacial score (nSPS) is 10.8. The first-order chi connectivity index (χ1) is 8.66. The van der Waals surface area contributed by atoms with Crippen LogP contribution in [0.4, 0.5) is 0 Å². The maximum atomic E-state index is 4.47. The van der Waals surface area contributed by atoms with Gasteiger partial charge < -0.3 is 5.32 Å². The molecule has 0 amide bonds. The first-order valence-electron chi connectivity index (χ1n) is 6.33. The summed E-state index contributed by atoms with van der Waals surface area (Å²) in [7, 11) is 0. The summed E-state index contributed by atoms with van der Waals surface area (Å²) in [4.78, 5) is 4.47. The Morgan fingerprint density at radius 1 is 1.17 bits per heavy atom. The molecule has 2 aromatic rings. The first kappa shape index (κ1) is 13.2. The van der Waals surface area contributed by atoms with Crippen molar-refractivity contribution in [2.75, 3.05) is 6.54 Å². The highest BCUT2D eigenvalue weighted by atomic mass is 32.1. The van der Waals surface area contributed by atoms with Crippen molar-refractivity contribution in [1.29, 1.82) is 0 Å². The van der Waals surface area contributed by atoms with E-state index in [1.54, 1.807) is 11.3 Å². The molecule has 1 N–H and O–H groups in total. The van der Waals surface area contributed by atoms with Crippen molar-refractivity contribution in [2.45, 2.75) is 33.7 Å². The molecule has 1 aromatic carbocycles. The summed E-state index contributed by atoms with van der Waals surface area (Å²) in [5.74, 6) is 0. The summed E-state index contributed by atoms with van der Waals surface area (Å²) in [5.41, 5.74) is 5.36. The maximum Gasteiger partial charge on any atom is 0.0897 e. The number of nitrogens with one attached hydrogen (secondary N) is 1. The summed E-state index contributed by atoms with van der Waals surface area (Å²) in [5, 5.41) is 6.81. The molecule has 0 aliphatic heterocycles. The lowest BCUT2D eigenvalue weighted by molar-refractivity contribution is 0.676. The van der Waals surface area contributed by atoms with Gasteiger partial charge in [-0.25, -0.2) is 4.98 Å². The van der Waals surface area contributed by atoms with Gasteiger partial charge in [0.1, 0.15) is 0 Å². The molecule has 0 unspecified atom stereocenters. The average Bonchev–Trinajstić information content (AvgIpc) is 2.73. The standard InChI is InChI=1S/C15H20N2S/c1-11-5-4-6-12(2)15(11)9-16-8-7-14-10-18-13(3)17-14/h4-6,10,16H,7-9H2,1-3H3. The summed E-state index contributed by atoms with van der Waals surface area (Å²) in [6.07, 6.45) is 1.01. The molecule has 0 aliphatic carbocycles. The van der Waals surface area contributed by atoms with Crippen LogP contribution < -0.4 is 5.32 Å². The quantitative estimate of drug-likeness (QED) is 0.833. The van der Waals surface area contributed by atoms with Gasteiger partial charge in [-0.05, 0) is 37.5 Å². The second kappa shape index (κ2) is 6.12. The van der Waals surface area contributed by atoms with Gasteiger partial charge in [0.2, 0.25) is 0 Å². The van der Waals surface area contributed by atoms with E-state index in [1.165, 1.54) is 22.4 Å². The molecule has 0 saturated heterocycles. The van der Waals surface area contributed by atoms with E-state index < -0.39 is 0 Å². The Morgan fingerprint density at radius 2 is 1.89 bits per heavy atom. The van der Waals surface area contributed by atoms with Gasteiger partial charge in [-0.15, -0.1) is 11.3 Å². The van der Waals surface area contributed by atoms with Crippen molar-refractivity contribution in [2.24, 2.45) is 0 Å². The fourth-order valence-electron chi connectivity index (χ4n) is 2.08. The van der Waals surface area contributed by atoms with E-state index in [9.17, 15) is 0 Å². The van der Waals surface area contributed by atoms with Gasteiger partial charge in [0.25, 0.3) is 0 Å². The Morgan fingerprint density at radius 3 is 2.50 bits per heavy atom. The average molecular weight is 260 g/mol. The van der Waals surface area contributed by atoms with Gasteiger partial charge in [-0.3, -0.25) is 0 Å². The van der Waals surface area contributed by atoms with Crippen molar-refractivity contribution in [3.63, 3.8) is 0 Å². The molecule has 2 nitrogen and oxygen atoms in total. The van der Waals surface area contributed by atoms with E-state index in [-0.39, 0.29) is 0 Å². The van der Waals surface area contributed by atoms with Crippen LogP contribution in [0.25, 0.3) is 0 Å². The molecule has 1 heterocycles. The summed E-state index contributed by atoms with van der Waals surface area (Å²) >= 11 is 1.72. The summed E-state index contributed by atoms with van der Waals surface area (Å²) < 4.78 is 0. The number of hydrogen-bond acceptors (Lipinski definition) is 3. The van der Waals surface area contributed by atoms with Crippen LogP contribution in [0.15, 0.2) is 23.6 Å². The zero-order chi connectivity index (χ0) is 13.0. The van der Waals surface area contributed by atoms with Crippen molar-refractivity contribution in [3.8, 4) is 0 Å². The molecule has 1 aromatic heterocycles. The molecule has 3 heteroatoms. The first-order valence-corrected chi connectivity index (χ1v) is 7.21. The van der Waals surface area contributed by atoms with Gasteiger partial charge in [0.15, 0.2) is 0 Å². The molecular weight excluding hydrogens is 240 g/mol. The minimum absolute atomic E-state index is 0.946. The lowest BCUT2D eigenvalue weighted by Crippen LogP contribution is -2.18. The zero-order valence-electron chi connectivity index (χ0n) is 11.3. The molecule has 0 spiro atoms. The Labute approximate surface area is 113 Å². The molecule has 0 saturated carbocycles. The van der Waals surface area contributed by atoms with Gasteiger partial charge in [-0.2, -0.15) is 0 Å². The number of rotatable bonds is 5. The molecule has 96 valence electrons. The Hall–Kier alpha value is -1.19. The van der Waals surface area contributed by atoms with E-state index in [0.29, 0.717) is 0 Å². The van der Waals surface area contributed by atoms with E-state index in [4.69, 9.17) is 0 Å². The predicted octanol–water partition coefficient (Wildman–Crippen LogP) is 3.40. The van der Waals surface area contributed by atoms with Gasteiger partial charge in [0.05, 0.1) is 10.7 Å². The Kier molecular flexibility index (Phi) is 4.50. The zero-order valence-corrected chi connectivity index (χ0v) is 12.1. The van der Waals surface area contributed by atoms with Crippen LogP contribution in [-0.4, -0.2) is 11.5 Å². The third-order valence-electron chi connectivity index (χ3n) is 3.17. The van der Waals surface area contributed by atoms with Crippen LogP contribution >= 0.6 is 11.3 Å². The van der Waals surface area contributed by atoms with Crippen molar-refractivity contribution >= 4 is 11.3 Å². The highest BCUT2D eigenvalue weighted by Gasteiger charge is 2.02. The van der Waals surface area contributed by atoms with Crippen LogP contribution in [0.5, 0.6) is 0 Å². The minimum atomic E-state index is 0.946. The van der Waals surface area contributed by atoms with Crippen LogP contribution in [-0.2, 0) is 13.0 Å². The van der Waals surface area contributed by atoms with Crippen LogP contribution in [0.3, 0.4) is 0 Å². The van der Waals surface area contributed by atoms with E-state index in [2.05, 4.69) is 54.7 Å². The molecule has 18 heavy (non-hydrogen) atoms. The highest BCUT2D eigenvalue weighted by molar-refractivity contribution is 7.09. The van der Waals surface area contributed by atoms with Crippen LogP contribution in [0.2, 0.25) is 0 Å². The number of aromatic nitrogens is 1. The number of aryl methyl sites for hydroxylation is 3. The monoisotopic (exact) mass is 260 g/mol. The molecule has 0 fully saturated rings. The SMILES string of the molecule is Cc1nc(CCNCc2c(C)cccc2C)cs1. The fourth-order valence-corrected chi connectivity index (χ4v) is 2.73. The molecule has 0 atom stereocenters. The number of hydrogen-bond donors (Lipinski definition) is 1. The van der Waals surface area contributed by atoms with Gasteiger partial charge in [-0.1, -0.05) is 18.2 Å². The van der Waals surface area contributed by atoms with Crippen LogP contribution in [0, 0.1) is 20.8 Å². The molecule has 0 bridgehead atoms. The summed E-state index contributed by atoms with van der Waals surface area (Å²) in [6.45, 7) is 8.33. The number of benzene rings is 1. The number of nitrogens with zero attached hydrogens (tertiary/aromatic N) is 1. The second-order valence-electron chi connectivity index (χ2n) is 4.66. The Balaban J connectivity index is 1.82. The molecular formula is C15H20N2S. The topological polar surface area (TPSA) is 24.9 Å². The molecule has 2 rings (SSSR count). The molecule has 0 radical (unpaired) electrons. The van der Waals surface area contributed by atoms with Gasteiger partial charge >= 0.3 is 0 Å². The van der Waals surface area contributed by atoms with E-state index in [0.717, 1.165) is 24.5 Å².